The van der Waals surface area contributed by atoms with E-state index in [1.54, 1.807) is 6.07 Å². The number of aromatic nitrogens is 1. The predicted molar refractivity (Wildman–Crippen MR) is 84.0 cm³/mol. The Labute approximate surface area is 131 Å². The van der Waals surface area contributed by atoms with Crippen LogP contribution in [0.3, 0.4) is 0 Å². The summed E-state index contributed by atoms with van der Waals surface area (Å²) in [6, 6.07) is 2.95. The number of rotatable bonds is 6. The normalized spacial score (nSPS) is 15.5. The molecule has 1 heterocycles. The number of nitrogens with zero attached hydrogens (tertiary/aromatic N) is 2. The van der Waals surface area contributed by atoms with Crippen LogP contribution in [-0.2, 0) is 0 Å². The van der Waals surface area contributed by atoms with E-state index in [0.717, 1.165) is 19.5 Å². The van der Waals surface area contributed by atoms with Gasteiger partial charge < -0.3 is 10.0 Å². The SMILES string of the molecule is CCCN(CC1CCCCC1)C(=O)c1ccc(C(=O)O)nc1. The molecule has 22 heavy (non-hydrogen) atoms. The Morgan fingerprint density at radius 1 is 1.27 bits per heavy atom. The topological polar surface area (TPSA) is 70.5 Å². The number of carboxylic acids is 1. The van der Waals surface area contributed by atoms with Gasteiger partial charge in [-0.2, -0.15) is 0 Å². The van der Waals surface area contributed by atoms with Gasteiger partial charge in [0.2, 0.25) is 0 Å². The molecule has 120 valence electrons. The molecule has 1 aliphatic rings. The Hall–Kier alpha value is -1.91. The van der Waals surface area contributed by atoms with Crippen molar-refractivity contribution in [2.45, 2.75) is 45.4 Å². The van der Waals surface area contributed by atoms with Gasteiger partial charge in [0.1, 0.15) is 5.69 Å². The molecule has 0 atom stereocenters. The lowest BCUT2D eigenvalue weighted by molar-refractivity contribution is 0.0683. The number of hydrogen-bond acceptors (Lipinski definition) is 3. The molecule has 1 aromatic rings. The highest BCUT2D eigenvalue weighted by atomic mass is 16.4. The van der Waals surface area contributed by atoms with Crippen molar-refractivity contribution in [1.82, 2.24) is 9.88 Å². The number of aromatic carboxylic acids is 1. The zero-order valence-electron chi connectivity index (χ0n) is 13.1. The Bertz CT molecular complexity index is 507. The van der Waals surface area contributed by atoms with Gasteiger partial charge >= 0.3 is 5.97 Å². The molecule has 5 heteroatoms. The molecule has 0 radical (unpaired) electrons. The van der Waals surface area contributed by atoms with Gasteiger partial charge in [-0.3, -0.25) is 4.79 Å². The first-order chi connectivity index (χ1) is 10.6. The van der Waals surface area contributed by atoms with Crippen molar-refractivity contribution in [3.8, 4) is 0 Å². The van der Waals surface area contributed by atoms with Crippen LogP contribution in [0, 0.1) is 5.92 Å². The Morgan fingerprint density at radius 2 is 2.00 bits per heavy atom. The summed E-state index contributed by atoms with van der Waals surface area (Å²) >= 11 is 0. The summed E-state index contributed by atoms with van der Waals surface area (Å²) in [5.41, 5.74) is 0.431. The van der Waals surface area contributed by atoms with Crippen LogP contribution in [0.5, 0.6) is 0 Å². The third kappa shape index (κ3) is 4.29. The predicted octanol–water partition coefficient (Wildman–Crippen LogP) is 3.21. The average Bonchev–Trinajstić information content (AvgIpc) is 2.55. The van der Waals surface area contributed by atoms with E-state index in [4.69, 9.17) is 5.11 Å². The molecule has 1 aliphatic carbocycles. The number of hydrogen-bond donors (Lipinski definition) is 1. The highest BCUT2D eigenvalue weighted by molar-refractivity contribution is 5.94. The number of pyridine rings is 1. The van der Waals surface area contributed by atoms with Crippen LogP contribution in [-0.4, -0.2) is 40.0 Å². The highest BCUT2D eigenvalue weighted by Gasteiger charge is 2.21. The van der Waals surface area contributed by atoms with E-state index in [-0.39, 0.29) is 11.6 Å². The van der Waals surface area contributed by atoms with E-state index in [1.807, 2.05) is 4.90 Å². The first-order valence-electron chi connectivity index (χ1n) is 8.10. The van der Waals surface area contributed by atoms with Gasteiger partial charge in [-0.25, -0.2) is 9.78 Å². The van der Waals surface area contributed by atoms with Crippen molar-refractivity contribution >= 4 is 11.9 Å². The lowest BCUT2D eigenvalue weighted by Crippen LogP contribution is -2.36. The van der Waals surface area contributed by atoms with Crippen LogP contribution in [0.2, 0.25) is 0 Å². The second-order valence-electron chi connectivity index (χ2n) is 5.99. The summed E-state index contributed by atoms with van der Waals surface area (Å²) in [5, 5.41) is 8.87. The molecule has 0 bridgehead atoms. The summed E-state index contributed by atoms with van der Waals surface area (Å²) in [4.78, 5) is 29.2. The van der Waals surface area contributed by atoms with Crippen LogP contribution in [0.15, 0.2) is 18.3 Å². The molecule has 0 aliphatic heterocycles. The minimum atomic E-state index is -1.08. The minimum absolute atomic E-state index is 0.0362. The molecule has 0 unspecified atom stereocenters. The fraction of sp³-hybridized carbons (Fsp3) is 0.588. The molecule has 5 nitrogen and oxygen atoms in total. The third-order valence-corrected chi connectivity index (χ3v) is 4.21. The Kier molecular flexibility index (Phi) is 5.92. The van der Waals surface area contributed by atoms with Crippen LogP contribution in [0.1, 0.15) is 66.3 Å². The molecule has 2 rings (SSSR count). The highest BCUT2D eigenvalue weighted by Crippen LogP contribution is 2.25. The first kappa shape index (κ1) is 16.5. The molecule has 0 saturated heterocycles. The average molecular weight is 304 g/mol. The van der Waals surface area contributed by atoms with Gasteiger partial charge in [0.25, 0.3) is 5.91 Å². The van der Waals surface area contributed by atoms with Crippen molar-refractivity contribution in [2.75, 3.05) is 13.1 Å². The molecule has 1 N–H and O–H groups in total. The minimum Gasteiger partial charge on any atom is -0.477 e. The van der Waals surface area contributed by atoms with E-state index in [1.165, 1.54) is 44.4 Å². The van der Waals surface area contributed by atoms with Gasteiger partial charge in [-0.15, -0.1) is 0 Å². The fourth-order valence-electron chi connectivity index (χ4n) is 3.06. The van der Waals surface area contributed by atoms with Crippen molar-refractivity contribution in [3.63, 3.8) is 0 Å². The first-order valence-corrected chi connectivity index (χ1v) is 8.10. The quantitative estimate of drug-likeness (QED) is 0.876. The number of amides is 1. The monoisotopic (exact) mass is 304 g/mol. The molecule has 1 saturated carbocycles. The van der Waals surface area contributed by atoms with E-state index in [9.17, 15) is 9.59 Å². The number of carboxylic acid groups (broad SMARTS) is 1. The molecule has 1 amide bonds. The summed E-state index contributed by atoms with van der Waals surface area (Å²) in [6.45, 7) is 3.59. The zero-order chi connectivity index (χ0) is 15.9. The summed E-state index contributed by atoms with van der Waals surface area (Å²) in [6.07, 6.45) is 8.50. The van der Waals surface area contributed by atoms with Crippen LogP contribution >= 0.6 is 0 Å². The van der Waals surface area contributed by atoms with Crippen LogP contribution in [0.4, 0.5) is 0 Å². The molecule has 0 spiro atoms. The van der Waals surface area contributed by atoms with E-state index >= 15 is 0 Å². The molecular weight excluding hydrogens is 280 g/mol. The second kappa shape index (κ2) is 7.92. The van der Waals surface area contributed by atoms with E-state index < -0.39 is 5.97 Å². The lowest BCUT2D eigenvalue weighted by atomic mass is 9.89. The number of carbonyl (C=O) groups is 2. The maximum Gasteiger partial charge on any atom is 0.354 e. The fourth-order valence-corrected chi connectivity index (χ4v) is 3.06. The van der Waals surface area contributed by atoms with Gasteiger partial charge in [0, 0.05) is 19.3 Å². The zero-order valence-corrected chi connectivity index (χ0v) is 13.1. The largest absolute Gasteiger partial charge is 0.477 e. The van der Waals surface area contributed by atoms with E-state index in [2.05, 4.69) is 11.9 Å². The Morgan fingerprint density at radius 3 is 2.55 bits per heavy atom. The van der Waals surface area contributed by atoms with Crippen molar-refractivity contribution < 1.29 is 14.7 Å². The molecule has 1 aromatic heterocycles. The van der Waals surface area contributed by atoms with Gasteiger partial charge in [0.15, 0.2) is 0 Å². The molecule has 0 aromatic carbocycles. The van der Waals surface area contributed by atoms with Crippen LogP contribution < -0.4 is 0 Å². The van der Waals surface area contributed by atoms with Crippen molar-refractivity contribution in [3.05, 3.63) is 29.6 Å². The van der Waals surface area contributed by atoms with Gasteiger partial charge in [-0.05, 0) is 37.3 Å². The summed E-state index contributed by atoms with van der Waals surface area (Å²) in [5.74, 6) is -0.529. The van der Waals surface area contributed by atoms with Crippen molar-refractivity contribution in [1.29, 1.82) is 0 Å². The van der Waals surface area contributed by atoms with Crippen LogP contribution in [0.25, 0.3) is 0 Å². The second-order valence-corrected chi connectivity index (χ2v) is 5.99. The van der Waals surface area contributed by atoms with E-state index in [0.29, 0.717) is 11.5 Å². The van der Waals surface area contributed by atoms with Gasteiger partial charge in [0.05, 0.1) is 5.56 Å². The molecule has 1 fully saturated rings. The number of carbonyl (C=O) groups excluding carboxylic acids is 1. The third-order valence-electron chi connectivity index (χ3n) is 4.21. The maximum absolute atomic E-state index is 12.6. The standard InChI is InChI=1S/C17H24N2O3/c1-2-10-19(12-13-6-4-3-5-7-13)16(20)14-8-9-15(17(21)22)18-11-14/h8-9,11,13H,2-7,10,12H2,1H3,(H,21,22). The van der Waals surface area contributed by atoms with Gasteiger partial charge in [-0.1, -0.05) is 26.2 Å². The summed E-state index contributed by atoms with van der Waals surface area (Å²) < 4.78 is 0. The summed E-state index contributed by atoms with van der Waals surface area (Å²) in [7, 11) is 0. The molecular formula is C17H24N2O3. The van der Waals surface area contributed by atoms with Crippen molar-refractivity contribution in [2.24, 2.45) is 5.92 Å². The Balaban J connectivity index is 2.05. The lowest BCUT2D eigenvalue weighted by Gasteiger charge is -2.29. The smallest absolute Gasteiger partial charge is 0.354 e. The maximum atomic E-state index is 12.6.